The topological polar surface area (TPSA) is 38.1 Å². The third-order valence-electron chi connectivity index (χ3n) is 3.79. The maximum Gasteiger partial charge on any atom is 0.227 e. The van der Waals surface area contributed by atoms with Crippen molar-refractivity contribution in [3.63, 3.8) is 0 Å². The molecule has 1 saturated heterocycles. The Kier molecular flexibility index (Phi) is 3.97. The number of carbonyl (C=O) groups is 1. The number of aromatic nitrogens is 2. The Morgan fingerprint density at radius 2 is 2.05 bits per heavy atom. The van der Waals surface area contributed by atoms with Crippen molar-refractivity contribution in [3.8, 4) is 0 Å². The van der Waals surface area contributed by atoms with Gasteiger partial charge in [0.05, 0.1) is 12.6 Å². The first-order valence-electron chi connectivity index (χ1n) is 7.11. The van der Waals surface area contributed by atoms with E-state index in [1.807, 2.05) is 53.2 Å². The number of halogens is 1. The average molecular weight is 304 g/mol. The second-order valence-corrected chi connectivity index (χ2v) is 6.14. The first-order valence-corrected chi connectivity index (χ1v) is 7.49. The lowest BCUT2D eigenvalue weighted by molar-refractivity contribution is -0.137. The van der Waals surface area contributed by atoms with Crippen molar-refractivity contribution in [1.29, 1.82) is 0 Å². The van der Waals surface area contributed by atoms with Crippen molar-refractivity contribution in [2.75, 3.05) is 13.1 Å². The zero-order valence-corrected chi connectivity index (χ0v) is 12.8. The molecule has 4 nitrogen and oxygen atoms in total. The summed E-state index contributed by atoms with van der Waals surface area (Å²) >= 11 is 5.84. The van der Waals surface area contributed by atoms with E-state index < -0.39 is 0 Å². The molecule has 1 aromatic carbocycles. The normalized spacial score (nSPS) is 15.0. The fourth-order valence-corrected chi connectivity index (χ4v) is 2.73. The van der Waals surface area contributed by atoms with Gasteiger partial charge in [-0.05, 0) is 30.2 Å². The molecular formula is C16H18ClN3O. The molecule has 2 heterocycles. The van der Waals surface area contributed by atoms with Gasteiger partial charge in [0.25, 0.3) is 0 Å². The van der Waals surface area contributed by atoms with Crippen LogP contribution >= 0.6 is 11.6 Å². The van der Waals surface area contributed by atoms with E-state index in [1.54, 1.807) is 0 Å². The molecule has 2 aromatic rings. The Hall–Kier alpha value is -1.81. The predicted molar refractivity (Wildman–Crippen MR) is 82.2 cm³/mol. The van der Waals surface area contributed by atoms with Gasteiger partial charge in [0, 0.05) is 36.8 Å². The molecular weight excluding hydrogens is 286 g/mol. The van der Waals surface area contributed by atoms with E-state index in [9.17, 15) is 4.79 Å². The van der Waals surface area contributed by atoms with Crippen LogP contribution in [0.25, 0.3) is 0 Å². The van der Waals surface area contributed by atoms with Crippen LogP contribution in [-0.2, 0) is 17.8 Å². The quantitative estimate of drug-likeness (QED) is 0.870. The van der Waals surface area contributed by atoms with Crippen LogP contribution in [0.1, 0.15) is 11.1 Å². The molecule has 0 atom stereocenters. The summed E-state index contributed by atoms with van der Waals surface area (Å²) in [6, 6.07) is 7.46. The van der Waals surface area contributed by atoms with E-state index in [4.69, 9.17) is 11.6 Å². The third-order valence-corrected chi connectivity index (χ3v) is 4.04. The maximum atomic E-state index is 12.2. The number of benzene rings is 1. The minimum absolute atomic E-state index is 0.185. The van der Waals surface area contributed by atoms with Crippen molar-refractivity contribution in [3.05, 3.63) is 52.8 Å². The Bertz CT molecular complexity index is 629. The maximum absolute atomic E-state index is 12.2. The van der Waals surface area contributed by atoms with Crippen LogP contribution in [0.5, 0.6) is 0 Å². The molecule has 21 heavy (non-hydrogen) atoms. The molecule has 1 amide bonds. The summed E-state index contributed by atoms with van der Waals surface area (Å²) < 4.78 is 1.96. The summed E-state index contributed by atoms with van der Waals surface area (Å²) in [5.41, 5.74) is 2.18. The molecule has 1 aliphatic rings. The van der Waals surface area contributed by atoms with Gasteiger partial charge in [-0.25, -0.2) is 0 Å². The van der Waals surface area contributed by atoms with Crippen molar-refractivity contribution >= 4 is 17.5 Å². The lowest BCUT2D eigenvalue weighted by Crippen LogP contribution is -2.51. The minimum Gasteiger partial charge on any atom is -0.342 e. The molecule has 5 heteroatoms. The van der Waals surface area contributed by atoms with Gasteiger partial charge in [0.1, 0.15) is 0 Å². The number of hydrogen-bond acceptors (Lipinski definition) is 2. The summed E-state index contributed by atoms with van der Waals surface area (Å²) in [5, 5.41) is 4.98. The molecule has 110 valence electrons. The van der Waals surface area contributed by atoms with Gasteiger partial charge in [0.15, 0.2) is 0 Å². The Morgan fingerprint density at radius 3 is 2.67 bits per heavy atom. The van der Waals surface area contributed by atoms with E-state index in [0.717, 1.165) is 25.2 Å². The van der Waals surface area contributed by atoms with Crippen molar-refractivity contribution < 1.29 is 4.79 Å². The molecule has 0 bridgehead atoms. The Balaban J connectivity index is 1.47. The largest absolute Gasteiger partial charge is 0.342 e. The number of hydrogen-bond donors (Lipinski definition) is 0. The fraction of sp³-hybridized carbons (Fsp3) is 0.375. The molecule has 0 aliphatic carbocycles. The standard InChI is InChI=1S/C16H18ClN3O/c1-12-7-18-20(8-12)11-14-9-19(10-14)16(21)6-13-2-4-15(17)5-3-13/h2-5,7-8,14H,6,9-11H2,1H3. The van der Waals surface area contributed by atoms with Crippen LogP contribution in [0.2, 0.25) is 5.02 Å². The molecule has 0 saturated carbocycles. The first-order chi connectivity index (χ1) is 10.1. The predicted octanol–water partition coefficient (Wildman–Crippen LogP) is 2.55. The number of nitrogens with zero attached hydrogens (tertiary/aromatic N) is 3. The van der Waals surface area contributed by atoms with Crippen molar-refractivity contribution in [1.82, 2.24) is 14.7 Å². The van der Waals surface area contributed by atoms with Gasteiger partial charge >= 0.3 is 0 Å². The molecule has 0 N–H and O–H groups in total. The van der Waals surface area contributed by atoms with E-state index in [-0.39, 0.29) is 5.91 Å². The van der Waals surface area contributed by atoms with Gasteiger partial charge in [-0.15, -0.1) is 0 Å². The third kappa shape index (κ3) is 3.45. The van der Waals surface area contributed by atoms with Gasteiger partial charge < -0.3 is 4.90 Å². The molecule has 1 fully saturated rings. The second kappa shape index (κ2) is 5.90. The zero-order chi connectivity index (χ0) is 14.8. The monoisotopic (exact) mass is 303 g/mol. The van der Waals surface area contributed by atoms with Gasteiger partial charge in [-0.2, -0.15) is 5.10 Å². The Morgan fingerprint density at radius 1 is 1.33 bits per heavy atom. The van der Waals surface area contributed by atoms with E-state index >= 15 is 0 Å². The molecule has 1 aromatic heterocycles. The summed E-state index contributed by atoms with van der Waals surface area (Å²) in [5.74, 6) is 0.698. The molecule has 3 rings (SSSR count). The van der Waals surface area contributed by atoms with Crippen LogP contribution in [0, 0.1) is 12.8 Å². The SMILES string of the molecule is Cc1cnn(CC2CN(C(=O)Cc3ccc(Cl)cc3)C2)c1. The van der Waals surface area contributed by atoms with E-state index in [0.29, 0.717) is 17.4 Å². The molecule has 0 radical (unpaired) electrons. The number of rotatable bonds is 4. The van der Waals surface area contributed by atoms with E-state index in [2.05, 4.69) is 5.10 Å². The number of carbonyl (C=O) groups excluding carboxylic acids is 1. The highest BCUT2D eigenvalue weighted by molar-refractivity contribution is 6.30. The van der Waals surface area contributed by atoms with Crippen molar-refractivity contribution in [2.24, 2.45) is 5.92 Å². The second-order valence-electron chi connectivity index (χ2n) is 5.71. The molecule has 0 spiro atoms. The highest BCUT2D eigenvalue weighted by Crippen LogP contribution is 2.19. The lowest BCUT2D eigenvalue weighted by Gasteiger charge is -2.39. The minimum atomic E-state index is 0.185. The van der Waals surface area contributed by atoms with Crippen LogP contribution < -0.4 is 0 Å². The Labute approximate surface area is 129 Å². The number of amides is 1. The summed E-state index contributed by atoms with van der Waals surface area (Å²) in [6.07, 6.45) is 4.35. The lowest BCUT2D eigenvalue weighted by atomic mass is 9.99. The summed E-state index contributed by atoms with van der Waals surface area (Å²) in [4.78, 5) is 14.1. The molecule has 1 aliphatic heterocycles. The van der Waals surface area contributed by atoms with Crippen molar-refractivity contribution in [2.45, 2.75) is 19.9 Å². The van der Waals surface area contributed by atoms with Crippen LogP contribution in [0.4, 0.5) is 0 Å². The van der Waals surface area contributed by atoms with Crippen LogP contribution in [0.3, 0.4) is 0 Å². The summed E-state index contributed by atoms with van der Waals surface area (Å²) in [6.45, 7) is 4.57. The van der Waals surface area contributed by atoms with E-state index in [1.165, 1.54) is 5.56 Å². The number of likely N-dealkylation sites (tertiary alicyclic amines) is 1. The smallest absolute Gasteiger partial charge is 0.227 e. The highest BCUT2D eigenvalue weighted by Gasteiger charge is 2.30. The van der Waals surface area contributed by atoms with Gasteiger partial charge in [0.2, 0.25) is 5.91 Å². The average Bonchev–Trinajstić information content (AvgIpc) is 2.81. The van der Waals surface area contributed by atoms with Gasteiger partial charge in [-0.1, -0.05) is 23.7 Å². The van der Waals surface area contributed by atoms with Crippen LogP contribution in [-0.4, -0.2) is 33.7 Å². The molecule has 0 unspecified atom stereocenters. The van der Waals surface area contributed by atoms with Crippen LogP contribution in [0.15, 0.2) is 36.7 Å². The highest BCUT2D eigenvalue weighted by atomic mass is 35.5. The first kappa shape index (κ1) is 14.1. The zero-order valence-electron chi connectivity index (χ0n) is 12.0. The fourth-order valence-electron chi connectivity index (χ4n) is 2.61. The van der Waals surface area contributed by atoms with Gasteiger partial charge in [-0.3, -0.25) is 9.48 Å². The summed E-state index contributed by atoms with van der Waals surface area (Å²) in [7, 11) is 0. The number of aryl methyl sites for hydroxylation is 1.